The molecule has 1 aliphatic carbocycles. The van der Waals surface area contributed by atoms with Crippen LogP contribution in [0.5, 0.6) is 0 Å². The molecule has 0 unspecified atom stereocenters. The van der Waals surface area contributed by atoms with E-state index in [9.17, 15) is 0 Å². The lowest BCUT2D eigenvalue weighted by Crippen LogP contribution is -2.18. The summed E-state index contributed by atoms with van der Waals surface area (Å²) in [6.45, 7) is 4.60. The third kappa shape index (κ3) is 3.54. The number of hydrogen-bond acceptors (Lipinski definition) is 2. The van der Waals surface area contributed by atoms with Crippen molar-refractivity contribution >= 4 is 64.9 Å². The maximum Gasteiger partial charge on any atom is 0.235 e. The van der Waals surface area contributed by atoms with Crippen LogP contribution in [-0.4, -0.2) is 14.5 Å². The Balaban J connectivity index is 1.37. The average molecular weight is 638 g/mol. The molecule has 1 aliphatic rings. The second kappa shape index (κ2) is 9.87. The summed E-state index contributed by atoms with van der Waals surface area (Å²) in [6.07, 6.45) is 0. The van der Waals surface area contributed by atoms with E-state index < -0.39 is 0 Å². The monoisotopic (exact) mass is 637 g/mol. The summed E-state index contributed by atoms with van der Waals surface area (Å²) < 4.78 is 2.35. The molecule has 0 fully saturated rings. The molecule has 0 atom stereocenters. The normalized spacial score (nSPS) is 13.6. The zero-order chi connectivity index (χ0) is 33.1. The van der Waals surface area contributed by atoms with E-state index in [0.29, 0.717) is 5.95 Å². The van der Waals surface area contributed by atoms with Crippen molar-refractivity contribution in [2.45, 2.75) is 19.3 Å². The second-order valence-corrected chi connectivity index (χ2v) is 14.1. The summed E-state index contributed by atoms with van der Waals surface area (Å²) in [7, 11) is 0. The van der Waals surface area contributed by atoms with Crippen LogP contribution in [0.15, 0.2) is 152 Å². The molecule has 0 aliphatic heterocycles. The van der Waals surface area contributed by atoms with Gasteiger partial charge in [-0.15, -0.1) is 0 Å². The summed E-state index contributed by atoms with van der Waals surface area (Å²) in [4.78, 5) is 11.2. The molecular weight excluding hydrogens is 607 g/mol. The number of benzene rings is 8. The van der Waals surface area contributed by atoms with Crippen LogP contribution in [0, 0.1) is 0 Å². The van der Waals surface area contributed by atoms with E-state index in [4.69, 9.17) is 9.97 Å². The van der Waals surface area contributed by atoms with E-state index in [1.807, 2.05) is 0 Å². The largest absolute Gasteiger partial charge is 0.277 e. The van der Waals surface area contributed by atoms with E-state index in [1.165, 1.54) is 65.0 Å². The molecule has 0 saturated heterocycles. The fourth-order valence-electron chi connectivity index (χ4n) is 8.90. The van der Waals surface area contributed by atoms with Gasteiger partial charge < -0.3 is 0 Å². The van der Waals surface area contributed by atoms with Crippen LogP contribution in [0.1, 0.15) is 25.1 Å². The van der Waals surface area contributed by atoms with E-state index >= 15 is 0 Å². The predicted octanol–water partition coefficient (Wildman–Crippen LogP) is 12.2. The molecule has 11 rings (SSSR count). The Morgan fingerprint density at radius 3 is 1.86 bits per heavy atom. The summed E-state index contributed by atoms with van der Waals surface area (Å²) in [5.74, 6) is 0.698. The van der Waals surface area contributed by atoms with Crippen molar-refractivity contribution in [2.24, 2.45) is 0 Å². The lowest BCUT2D eigenvalue weighted by atomic mass is 9.85. The summed E-state index contributed by atoms with van der Waals surface area (Å²) in [5, 5.41) is 12.4. The maximum atomic E-state index is 5.60. The van der Waals surface area contributed by atoms with Crippen molar-refractivity contribution in [1.29, 1.82) is 0 Å². The minimum atomic E-state index is -0.296. The molecule has 3 heteroatoms. The van der Waals surface area contributed by atoms with Crippen molar-refractivity contribution < 1.29 is 0 Å². The third-order valence-corrected chi connectivity index (χ3v) is 11.1. The zero-order valence-electron chi connectivity index (χ0n) is 27.8. The quantitative estimate of drug-likeness (QED) is 0.177. The highest BCUT2D eigenvalue weighted by Gasteiger charge is 2.40. The van der Waals surface area contributed by atoms with Gasteiger partial charge in [-0.3, -0.25) is 4.57 Å². The fraction of sp³-hybridized carbons (Fsp3) is 0.0638. The van der Waals surface area contributed by atoms with E-state index in [0.717, 1.165) is 33.5 Å². The topological polar surface area (TPSA) is 30.7 Å². The van der Waals surface area contributed by atoms with Gasteiger partial charge in [0.2, 0.25) is 5.95 Å². The minimum absolute atomic E-state index is 0.296. The van der Waals surface area contributed by atoms with Gasteiger partial charge in [0.25, 0.3) is 0 Å². The summed E-state index contributed by atoms with van der Waals surface area (Å²) >= 11 is 0. The zero-order valence-corrected chi connectivity index (χ0v) is 27.8. The van der Waals surface area contributed by atoms with E-state index in [1.54, 1.807) is 0 Å². The highest BCUT2D eigenvalue weighted by molar-refractivity contribution is 6.36. The molecule has 2 aromatic heterocycles. The summed E-state index contributed by atoms with van der Waals surface area (Å²) in [6, 6.07) is 55.0. The molecule has 3 nitrogen and oxygen atoms in total. The first-order chi connectivity index (χ1) is 24.6. The summed E-state index contributed by atoms with van der Waals surface area (Å²) in [5.41, 5.74) is 8.71. The van der Waals surface area contributed by atoms with Gasteiger partial charge in [0.05, 0.1) is 22.4 Å². The molecule has 0 spiro atoms. The Kier molecular flexibility index (Phi) is 5.45. The Labute approximate surface area is 289 Å². The standard InChI is InChI=1S/C47H31N3/c1-47(2)38-23-13-12-22-36(38)42-43(29-15-4-3-5-16-29)48-46(49-45(42)47)50-39-27-26-35-33-20-9-8-18-31(33)32-19-10-11-21-34(32)40(35)41(39)37-25-24-28-14-6-7-17-30(28)44(37)50/h3-27H,1-2H3. The van der Waals surface area contributed by atoms with Crippen LogP contribution in [0.3, 0.4) is 0 Å². The average Bonchev–Trinajstić information content (AvgIpc) is 3.64. The first-order valence-electron chi connectivity index (χ1n) is 17.4. The number of aromatic nitrogens is 3. The number of rotatable bonds is 2. The van der Waals surface area contributed by atoms with Gasteiger partial charge in [-0.1, -0.05) is 159 Å². The van der Waals surface area contributed by atoms with Crippen LogP contribution in [-0.2, 0) is 5.41 Å². The molecule has 0 saturated carbocycles. The smallest absolute Gasteiger partial charge is 0.235 e. The number of nitrogens with zero attached hydrogens (tertiary/aromatic N) is 3. The van der Waals surface area contributed by atoms with Crippen molar-refractivity contribution in [3.8, 4) is 28.3 Å². The Morgan fingerprint density at radius 1 is 0.480 bits per heavy atom. The van der Waals surface area contributed by atoms with Gasteiger partial charge in [-0.25, -0.2) is 9.97 Å². The molecule has 8 aromatic carbocycles. The SMILES string of the molecule is CC1(C)c2ccccc2-c2c(-c3ccccc3)nc(-n3c4ccc5c6ccccc6c6ccccc6c5c4c4ccc5ccccc5c43)nc21. The van der Waals surface area contributed by atoms with E-state index in [-0.39, 0.29) is 5.41 Å². The van der Waals surface area contributed by atoms with Crippen LogP contribution >= 0.6 is 0 Å². The molecule has 2 heterocycles. The Morgan fingerprint density at radius 2 is 1.08 bits per heavy atom. The van der Waals surface area contributed by atoms with Crippen LogP contribution in [0.2, 0.25) is 0 Å². The second-order valence-electron chi connectivity index (χ2n) is 14.1. The minimum Gasteiger partial charge on any atom is -0.277 e. The highest BCUT2D eigenvalue weighted by atomic mass is 15.2. The van der Waals surface area contributed by atoms with Crippen LogP contribution in [0.25, 0.3) is 93.2 Å². The molecule has 0 amide bonds. The predicted molar refractivity (Wildman–Crippen MR) is 209 cm³/mol. The van der Waals surface area contributed by atoms with Gasteiger partial charge in [-0.2, -0.15) is 0 Å². The molecule has 234 valence electrons. The van der Waals surface area contributed by atoms with Crippen molar-refractivity contribution in [3.05, 3.63) is 163 Å². The van der Waals surface area contributed by atoms with Crippen LogP contribution in [0.4, 0.5) is 0 Å². The van der Waals surface area contributed by atoms with Gasteiger partial charge in [-0.05, 0) is 49.5 Å². The molecule has 10 aromatic rings. The molecule has 50 heavy (non-hydrogen) atoms. The maximum absolute atomic E-state index is 5.60. The molecule has 0 bridgehead atoms. The lowest BCUT2D eigenvalue weighted by molar-refractivity contribution is 0.632. The first-order valence-corrected chi connectivity index (χ1v) is 17.4. The Hall–Kier alpha value is -6.32. The fourth-order valence-corrected chi connectivity index (χ4v) is 8.90. The Bertz CT molecular complexity index is 3020. The van der Waals surface area contributed by atoms with Crippen LogP contribution < -0.4 is 0 Å². The first kappa shape index (κ1) is 27.6. The van der Waals surface area contributed by atoms with Crippen molar-refractivity contribution in [3.63, 3.8) is 0 Å². The van der Waals surface area contributed by atoms with Gasteiger partial charge in [0, 0.05) is 38.1 Å². The van der Waals surface area contributed by atoms with Gasteiger partial charge >= 0.3 is 0 Å². The van der Waals surface area contributed by atoms with E-state index in [2.05, 4.69) is 170 Å². The van der Waals surface area contributed by atoms with Gasteiger partial charge in [0.1, 0.15) is 0 Å². The molecule has 0 radical (unpaired) electrons. The highest BCUT2D eigenvalue weighted by Crippen LogP contribution is 2.52. The molecular formula is C47H31N3. The number of hydrogen-bond donors (Lipinski definition) is 0. The van der Waals surface area contributed by atoms with Gasteiger partial charge in [0.15, 0.2) is 0 Å². The van der Waals surface area contributed by atoms with Crippen molar-refractivity contribution in [2.75, 3.05) is 0 Å². The lowest BCUT2D eigenvalue weighted by Gasteiger charge is -2.21. The third-order valence-electron chi connectivity index (χ3n) is 11.1. The van der Waals surface area contributed by atoms with Crippen molar-refractivity contribution in [1.82, 2.24) is 14.5 Å². The number of fused-ring (bicyclic) bond motifs is 15. The molecule has 0 N–H and O–H groups in total.